The lowest BCUT2D eigenvalue weighted by Crippen LogP contribution is -2.42. The summed E-state index contributed by atoms with van der Waals surface area (Å²) in [5.41, 5.74) is 4.29. The van der Waals surface area contributed by atoms with E-state index in [4.69, 9.17) is 4.74 Å². The number of aryl methyl sites for hydroxylation is 3. The molecule has 2 aliphatic heterocycles. The van der Waals surface area contributed by atoms with Gasteiger partial charge in [-0.3, -0.25) is 4.79 Å². The molecule has 1 amide bonds. The molecule has 1 unspecified atom stereocenters. The molecule has 5 heteroatoms. The van der Waals surface area contributed by atoms with Crippen molar-refractivity contribution >= 4 is 11.6 Å². The van der Waals surface area contributed by atoms with Crippen molar-refractivity contribution in [2.24, 2.45) is 0 Å². The highest BCUT2D eigenvalue weighted by Crippen LogP contribution is 2.32. The van der Waals surface area contributed by atoms with Gasteiger partial charge in [-0.2, -0.15) is 4.98 Å². The molecule has 0 saturated carbocycles. The smallest absolute Gasteiger partial charge is 0.227 e. The zero-order valence-corrected chi connectivity index (χ0v) is 13.4. The Bertz CT molecular complexity index is 788. The number of para-hydroxylation sites is 1. The maximum Gasteiger partial charge on any atom is 0.227 e. The lowest BCUT2D eigenvalue weighted by atomic mass is 10.0. The van der Waals surface area contributed by atoms with Crippen LogP contribution in [0.2, 0.25) is 0 Å². The first-order chi connectivity index (χ1) is 11.1. The van der Waals surface area contributed by atoms with Crippen LogP contribution >= 0.6 is 0 Å². The summed E-state index contributed by atoms with van der Waals surface area (Å²) in [6.45, 7) is 4.42. The Balaban J connectivity index is 1.58. The van der Waals surface area contributed by atoms with Gasteiger partial charge in [0.1, 0.15) is 11.9 Å². The van der Waals surface area contributed by atoms with Crippen LogP contribution in [0.4, 0.5) is 5.69 Å². The first-order valence-corrected chi connectivity index (χ1v) is 8.01. The van der Waals surface area contributed by atoms with Crippen LogP contribution in [0.3, 0.4) is 0 Å². The maximum absolute atomic E-state index is 12.4. The van der Waals surface area contributed by atoms with Gasteiger partial charge in [0.2, 0.25) is 11.8 Å². The van der Waals surface area contributed by atoms with Crippen LogP contribution in [0.1, 0.15) is 29.1 Å². The minimum absolute atomic E-state index is 0.0603. The Morgan fingerprint density at radius 3 is 2.91 bits per heavy atom. The van der Waals surface area contributed by atoms with Crippen LogP contribution in [0, 0.1) is 13.8 Å². The summed E-state index contributed by atoms with van der Waals surface area (Å²) in [7, 11) is 0. The van der Waals surface area contributed by atoms with E-state index in [-0.39, 0.29) is 12.0 Å². The van der Waals surface area contributed by atoms with Crippen LogP contribution in [0.5, 0.6) is 5.88 Å². The van der Waals surface area contributed by atoms with Crippen molar-refractivity contribution in [2.75, 3.05) is 11.4 Å². The molecule has 118 valence electrons. The molecule has 0 radical (unpaired) electrons. The molecule has 23 heavy (non-hydrogen) atoms. The predicted octanol–water partition coefficient (Wildman–Crippen LogP) is 2.38. The second kappa shape index (κ2) is 5.33. The largest absolute Gasteiger partial charge is 0.472 e. The van der Waals surface area contributed by atoms with E-state index in [2.05, 4.69) is 16.0 Å². The zero-order valence-electron chi connectivity index (χ0n) is 13.4. The molecule has 4 rings (SSSR count). The number of benzene rings is 1. The van der Waals surface area contributed by atoms with Crippen molar-refractivity contribution in [3.05, 3.63) is 46.9 Å². The maximum atomic E-state index is 12.4. The van der Waals surface area contributed by atoms with E-state index >= 15 is 0 Å². The van der Waals surface area contributed by atoms with Gasteiger partial charge in [0.25, 0.3) is 0 Å². The molecule has 0 spiro atoms. The first-order valence-electron chi connectivity index (χ1n) is 8.01. The van der Waals surface area contributed by atoms with Crippen LogP contribution in [0.15, 0.2) is 24.3 Å². The second-order valence-electron chi connectivity index (χ2n) is 6.22. The molecule has 1 aromatic carbocycles. The van der Waals surface area contributed by atoms with Crippen molar-refractivity contribution < 1.29 is 9.53 Å². The third-order valence-corrected chi connectivity index (χ3v) is 4.58. The number of carbonyl (C=O) groups is 1. The van der Waals surface area contributed by atoms with Crippen molar-refractivity contribution in [3.63, 3.8) is 0 Å². The van der Waals surface area contributed by atoms with Gasteiger partial charge in [0.05, 0.1) is 6.54 Å². The lowest BCUT2D eigenvalue weighted by Gasteiger charge is -2.31. The van der Waals surface area contributed by atoms with E-state index < -0.39 is 0 Å². The van der Waals surface area contributed by atoms with Crippen LogP contribution in [-0.4, -0.2) is 28.5 Å². The van der Waals surface area contributed by atoms with Gasteiger partial charge >= 0.3 is 0 Å². The van der Waals surface area contributed by atoms with E-state index in [0.29, 0.717) is 18.8 Å². The summed E-state index contributed by atoms with van der Waals surface area (Å²) in [6.07, 6.45) is 2.08. The Morgan fingerprint density at radius 2 is 2.04 bits per heavy atom. The van der Waals surface area contributed by atoms with E-state index in [0.717, 1.165) is 35.6 Å². The standard InChI is InChI=1S/C18H19N3O2/c1-11-15-9-14(23-18(15)20-12(2)19-11)10-21-16-6-4-3-5-13(16)7-8-17(21)22/h3-6,14H,7-10H2,1-2H3. The van der Waals surface area contributed by atoms with Gasteiger partial charge in [0, 0.05) is 29.8 Å². The summed E-state index contributed by atoms with van der Waals surface area (Å²) < 4.78 is 5.99. The SMILES string of the molecule is Cc1nc(C)c2c(n1)OC(CN1C(=O)CCc3ccccc31)C2. The Labute approximate surface area is 135 Å². The van der Waals surface area contributed by atoms with Gasteiger partial charge in [-0.1, -0.05) is 18.2 Å². The molecule has 2 aliphatic rings. The molecule has 5 nitrogen and oxygen atoms in total. The number of fused-ring (bicyclic) bond motifs is 2. The van der Waals surface area contributed by atoms with E-state index in [1.807, 2.05) is 36.9 Å². The number of rotatable bonds is 2. The van der Waals surface area contributed by atoms with Gasteiger partial charge in [-0.25, -0.2) is 4.98 Å². The van der Waals surface area contributed by atoms with E-state index in [1.54, 1.807) is 0 Å². The summed E-state index contributed by atoms with van der Waals surface area (Å²) in [6, 6.07) is 8.12. The Hall–Kier alpha value is -2.43. The van der Waals surface area contributed by atoms with Crippen molar-refractivity contribution in [1.82, 2.24) is 9.97 Å². The molecule has 3 heterocycles. The predicted molar refractivity (Wildman–Crippen MR) is 86.7 cm³/mol. The number of hydrogen-bond acceptors (Lipinski definition) is 4. The molecule has 2 aromatic rings. The van der Waals surface area contributed by atoms with Gasteiger partial charge in [-0.05, 0) is 31.9 Å². The zero-order chi connectivity index (χ0) is 16.0. The number of amides is 1. The summed E-state index contributed by atoms with van der Waals surface area (Å²) >= 11 is 0. The molecule has 0 fully saturated rings. The highest BCUT2D eigenvalue weighted by atomic mass is 16.5. The summed E-state index contributed by atoms with van der Waals surface area (Å²) in [4.78, 5) is 23.0. The third-order valence-electron chi connectivity index (χ3n) is 4.58. The highest BCUT2D eigenvalue weighted by Gasteiger charge is 2.32. The van der Waals surface area contributed by atoms with Crippen molar-refractivity contribution in [1.29, 1.82) is 0 Å². The minimum Gasteiger partial charge on any atom is -0.472 e. The Morgan fingerprint density at radius 1 is 1.22 bits per heavy atom. The number of ether oxygens (including phenoxy) is 1. The average molecular weight is 309 g/mol. The number of aromatic nitrogens is 2. The molecular weight excluding hydrogens is 290 g/mol. The van der Waals surface area contributed by atoms with Crippen LogP contribution in [0.25, 0.3) is 0 Å². The Kier molecular flexibility index (Phi) is 3.29. The topological polar surface area (TPSA) is 55.3 Å². The molecule has 0 N–H and O–H groups in total. The number of hydrogen-bond donors (Lipinski definition) is 0. The number of anilines is 1. The second-order valence-corrected chi connectivity index (χ2v) is 6.22. The van der Waals surface area contributed by atoms with Gasteiger partial charge in [0.15, 0.2) is 0 Å². The van der Waals surface area contributed by atoms with Crippen molar-refractivity contribution in [3.8, 4) is 5.88 Å². The fourth-order valence-corrected chi connectivity index (χ4v) is 3.47. The fraction of sp³-hybridized carbons (Fsp3) is 0.389. The van der Waals surface area contributed by atoms with Crippen LogP contribution in [-0.2, 0) is 17.6 Å². The van der Waals surface area contributed by atoms with Crippen molar-refractivity contribution in [2.45, 2.75) is 39.2 Å². The molecular formula is C18H19N3O2. The lowest BCUT2D eigenvalue weighted by molar-refractivity contribution is -0.119. The molecule has 0 aliphatic carbocycles. The highest BCUT2D eigenvalue weighted by molar-refractivity contribution is 5.96. The minimum atomic E-state index is -0.0603. The average Bonchev–Trinajstić information content (AvgIpc) is 2.93. The monoisotopic (exact) mass is 309 g/mol. The summed E-state index contributed by atoms with van der Waals surface area (Å²) in [5, 5.41) is 0. The fourth-order valence-electron chi connectivity index (χ4n) is 3.47. The quantitative estimate of drug-likeness (QED) is 0.854. The molecule has 0 saturated heterocycles. The normalized spacial score (nSPS) is 19.3. The number of nitrogens with zero attached hydrogens (tertiary/aromatic N) is 3. The first kappa shape index (κ1) is 14.2. The van der Waals surface area contributed by atoms with Crippen LogP contribution < -0.4 is 9.64 Å². The van der Waals surface area contributed by atoms with E-state index in [9.17, 15) is 4.79 Å². The van der Waals surface area contributed by atoms with Gasteiger partial charge in [-0.15, -0.1) is 0 Å². The van der Waals surface area contributed by atoms with Gasteiger partial charge < -0.3 is 9.64 Å². The molecule has 0 bridgehead atoms. The number of carbonyl (C=O) groups excluding carboxylic acids is 1. The van der Waals surface area contributed by atoms with E-state index in [1.165, 1.54) is 5.56 Å². The third kappa shape index (κ3) is 2.46. The molecule has 1 atom stereocenters. The summed E-state index contributed by atoms with van der Waals surface area (Å²) in [5.74, 6) is 1.57. The molecule has 1 aromatic heterocycles.